The first-order valence-electron chi connectivity index (χ1n) is 9.89. The number of imide groups is 1. The molecule has 0 aromatic heterocycles. The third kappa shape index (κ3) is 3.73. The molecular formula is C22H26N3O3+. The summed E-state index contributed by atoms with van der Waals surface area (Å²) in [6.07, 6.45) is 1.00. The van der Waals surface area contributed by atoms with Gasteiger partial charge in [-0.1, -0.05) is 42.5 Å². The number of phenolic OH excluding ortho intramolecular Hbond substituents is 1. The zero-order valence-electron chi connectivity index (χ0n) is 15.9. The Labute approximate surface area is 165 Å². The number of carbonyl (C=O) groups excluding carboxylic acids is 2. The molecule has 2 N–H and O–H groups in total. The summed E-state index contributed by atoms with van der Waals surface area (Å²) in [5.74, 6) is 0.193. The molecule has 2 aromatic carbocycles. The molecule has 2 aromatic rings. The van der Waals surface area contributed by atoms with Gasteiger partial charge in [0.15, 0.2) is 6.04 Å². The fraction of sp³-hybridized carbons (Fsp3) is 0.364. The van der Waals surface area contributed by atoms with E-state index in [4.69, 9.17) is 0 Å². The minimum atomic E-state index is -0.269. The number of nitrogens with zero attached hydrogens (tertiary/aromatic N) is 2. The third-order valence-electron chi connectivity index (χ3n) is 5.83. The molecule has 0 radical (unpaired) electrons. The molecule has 2 aliphatic rings. The quantitative estimate of drug-likeness (QED) is 0.740. The van der Waals surface area contributed by atoms with Crippen molar-refractivity contribution >= 4 is 17.5 Å². The largest absolute Gasteiger partial charge is 0.506 e. The first-order valence-corrected chi connectivity index (χ1v) is 9.89. The first kappa shape index (κ1) is 18.5. The molecule has 6 heteroatoms. The van der Waals surface area contributed by atoms with Gasteiger partial charge in [-0.2, -0.15) is 0 Å². The molecule has 6 nitrogen and oxygen atoms in total. The number of hydrogen-bond donors (Lipinski definition) is 2. The molecule has 2 heterocycles. The van der Waals surface area contributed by atoms with Crippen LogP contribution in [0, 0.1) is 0 Å². The number of benzene rings is 2. The van der Waals surface area contributed by atoms with Crippen LogP contribution >= 0.6 is 0 Å². The van der Waals surface area contributed by atoms with Crippen LogP contribution in [0.1, 0.15) is 12.0 Å². The van der Waals surface area contributed by atoms with E-state index in [2.05, 4.69) is 4.90 Å². The van der Waals surface area contributed by atoms with Crippen molar-refractivity contribution in [2.24, 2.45) is 0 Å². The van der Waals surface area contributed by atoms with Crippen molar-refractivity contribution in [2.75, 3.05) is 37.6 Å². The molecule has 0 unspecified atom stereocenters. The van der Waals surface area contributed by atoms with Crippen LogP contribution in [0.4, 0.5) is 5.69 Å². The van der Waals surface area contributed by atoms with Gasteiger partial charge in [0.2, 0.25) is 5.91 Å². The monoisotopic (exact) mass is 380 g/mol. The second-order valence-electron chi connectivity index (χ2n) is 7.51. The molecule has 0 aliphatic carbocycles. The Balaban J connectivity index is 1.35. The van der Waals surface area contributed by atoms with Crippen molar-refractivity contribution in [1.82, 2.24) is 4.90 Å². The lowest BCUT2D eigenvalue weighted by Crippen LogP contribution is -3.19. The second-order valence-corrected chi connectivity index (χ2v) is 7.51. The molecule has 0 spiro atoms. The highest BCUT2D eigenvalue weighted by molar-refractivity contribution is 6.04. The number of hydrogen-bond acceptors (Lipinski definition) is 4. The summed E-state index contributed by atoms with van der Waals surface area (Å²) >= 11 is 0. The van der Waals surface area contributed by atoms with Gasteiger partial charge in [0.1, 0.15) is 5.75 Å². The van der Waals surface area contributed by atoms with E-state index in [0.29, 0.717) is 19.4 Å². The summed E-state index contributed by atoms with van der Waals surface area (Å²) in [6.45, 7) is 3.54. The van der Waals surface area contributed by atoms with Crippen LogP contribution in [0.15, 0.2) is 54.6 Å². The maximum Gasteiger partial charge on any atom is 0.288 e. The number of carbonyl (C=O) groups is 2. The van der Waals surface area contributed by atoms with Gasteiger partial charge < -0.3 is 14.9 Å². The first-order chi connectivity index (χ1) is 13.6. The average Bonchev–Trinajstić information content (AvgIpc) is 3.01. The third-order valence-corrected chi connectivity index (χ3v) is 5.83. The zero-order chi connectivity index (χ0) is 19.5. The molecule has 2 fully saturated rings. The van der Waals surface area contributed by atoms with Gasteiger partial charge >= 0.3 is 0 Å². The van der Waals surface area contributed by atoms with Crippen molar-refractivity contribution < 1.29 is 19.6 Å². The lowest BCUT2D eigenvalue weighted by molar-refractivity contribution is -0.915. The molecule has 4 rings (SSSR count). The van der Waals surface area contributed by atoms with Crippen molar-refractivity contribution in [3.05, 3.63) is 60.2 Å². The smallest absolute Gasteiger partial charge is 0.288 e. The second kappa shape index (κ2) is 8.02. The number of amides is 2. The van der Waals surface area contributed by atoms with E-state index in [1.165, 1.54) is 9.80 Å². The van der Waals surface area contributed by atoms with Gasteiger partial charge in [-0.25, -0.2) is 0 Å². The highest BCUT2D eigenvalue weighted by Crippen LogP contribution is 2.26. The number of aromatic hydroxyl groups is 1. The summed E-state index contributed by atoms with van der Waals surface area (Å²) in [7, 11) is 0. The van der Waals surface area contributed by atoms with E-state index in [-0.39, 0.29) is 23.6 Å². The normalized spacial score (nSPS) is 20.8. The number of piperazine rings is 1. The SMILES string of the molecule is O=C1C[C@@H]([NH+]2CCN(c3ccccc3O)CC2)C(=O)N1CCc1ccccc1. The van der Waals surface area contributed by atoms with Crippen LogP contribution in [0.3, 0.4) is 0 Å². The molecule has 0 bridgehead atoms. The van der Waals surface area contributed by atoms with Crippen molar-refractivity contribution in [3.63, 3.8) is 0 Å². The predicted molar refractivity (Wildman–Crippen MR) is 106 cm³/mol. The molecule has 0 saturated carbocycles. The van der Waals surface area contributed by atoms with Crippen LogP contribution < -0.4 is 9.80 Å². The summed E-state index contributed by atoms with van der Waals surface area (Å²) in [5, 5.41) is 10.1. The molecule has 1 atom stereocenters. The number of nitrogens with one attached hydrogen (secondary N) is 1. The number of phenols is 1. The van der Waals surface area contributed by atoms with Crippen LogP contribution in [0.5, 0.6) is 5.75 Å². The molecule has 2 saturated heterocycles. The summed E-state index contributed by atoms with van der Waals surface area (Å²) in [4.78, 5) is 30.1. The Hall–Kier alpha value is -2.86. The summed E-state index contributed by atoms with van der Waals surface area (Å²) in [6, 6.07) is 17.0. The fourth-order valence-electron chi connectivity index (χ4n) is 4.24. The van der Waals surface area contributed by atoms with Gasteiger partial charge in [-0.05, 0) is 24.1 Å². The van der Waals surface area contributed by atoms with Crippen molar-refractivity contribution in [2.45, 2.75) is 18.9 Å². The fourth-order valence-corrected chi connectivity index (χ4v) is 4.24. The minimum Gasteiger partial charge on any atom is -0.506 e. The topological polar surface area (TPSA) is 65.3 Å². The van der Waals surface area contributed by atoms with Gasteiger partial charge in [0.05, 0.1) is 38.3 Å². The van der Waals surface area contributed by atoms with Crippen LogP contribution in [-0.4, -0.2) is 60.6 Å². The number of anilines is 1. The number of quaternary nitrogens is 1. The molecule has 2 amide bonds. The van der Waals surface area contributed by atoms with Crippen LogP contribution in [0.2, 0.25) is 0 Å². The van der Waals surface area contributed by atoms with Gasteiger partial charge in [0.25, 0.3) is 5.91 Å². The van der Waals surface area contributed by atoms with Crippen LogP contribution in [-0.2, 0) is 16.0 Å². The molecule has 2 aliphatic heterocycles. The molecule has 146 valence electrons. The Morgan fingerprint density at radius 3 is 2.36 bits per heavy atom. The van der Waals surface area contributed by atoms with E-state index in [1.807, 2.05) is 48.5 Å². The Morgan fingerprint density at radius 1 is 0.964 bits per heavy atom. The Kier molecular flexibility index (Phi) is 5.30. The molecular weight excluding hydrogens is 354 g/mol. The number of para-hydroxylation sites is 2. The van der Waals surface area contributed by atoms with Crippen molar-refractivity contribution in [1.29, 1.82) is 0 Å². The summed E-state index contributed by atoms with van der Waals surface area (Å²) in [5.41, 5.74) is 1.97. The maximum atomic E-state index is 12.9. The lowest BCUT2D eigenvalue weighted by atomic mass is 10.1. The van der Waals surface area contributed by atoms with Crippen molar-refractivity contribution in [3.8, 4) is 5.75 Å². The number of rotatable bonds is 5. The van der Waals surface area contributed by atoms with E-state index < -0.39 is 0 Å². The van der Waals surface area contributed by atoms with E-state index in [1.54, 1.807) is 6.07 Å². The average molecular weight is 380 g/mol. The number of likely N-dealkylation sites (tertiary alicyclic amines) is 1. The zero-order valence-corrected chi connectivity index (χ0v) is 15.9. The van der Waals surface area contributed by atoms with Crippen LogP contribution in [0.25, 0.3) is 0 Å². The minimum absolute atomic E-state index is 0.0352. The Bertz CT molecular complexity index is 847. The lowest BCUT2D eigenvalue weighted by Gasteiger charge is -2.35. The molecule has 28 heavy (non-hydrogen) atoms. The van der Waals surface area contributed by atoms with Gasteiger partial charge in [0, 0.05) is 6.54 Å². The van der Waals surface area contributed by atoms with E-state index >= 15 is 0 Å². The Morgan fingerprint density at radius 2 is 1.64 bits per heavy atom. The van der Waals surface area contributed by atoms with Gasteiger partial charge in [-0.15, -0.1) is 0 Å². The van der Waals surface area contributed by atoms with E-state index in [9.17, 15) is 14.7 Å². The highest BCUT2D eigenvalue weighted by Gasteiger charge is 2.45. The predicted octanol–water partition coefficient (Wildman–Crippen LogP) is 0.467. The highest BCUT2D eigenvalue weighted by atomic mass is 16.3. The standard InChI is InChI=1S/C22H25N3O3/c26-20-9-5-4-8-18(20)23-12-14-24(15-13-23)19-16-21(27)25(22(19)28)11-10-17-6-2-1-3-7-17/h1-9,19,26H,10-16H2/p+1/t19-/m1/s1. The maximum absolute atomic E-state index is 12.9. The van der Waals surface area contributed by atoms with E-state index in [0.717, 1.165) is 37.4 Å². The summed E-state index contributed by atoms with van der Waals surface area (Å²) < 4.78 is 0. The van der Waals surface area contributed by atoms with Gasteiger partial charge in [-0.3, -0.25) is 14.5 Å².